The second-order valence-corrected chi connectivity index (χ2v) is 6.16. The van der Waals surface area contributed by atoms with Crippen molar-refractivity contribution < 1.29 is 29.4 Å². The van der Waals surface area contributed by atoms with Crippen LogP contribution in [0.5, 0.6) is 0 Å². The topological polar surface area (TPSA) is 149 Å². The highest BCUT2D eigenvalue weighted by atomic mass is 32.1. The summed E-state index contributed by atoms with van der Waals surface area (Å²) in [6.45, 7) is 0. The van der Waals surface area contributed by atoms with Gasteiger partial charge in [0.05, 0.1) is 12.2 Å². The number of hydrogen-bond acceptors (Lipinski definition) is 5. The maximum Gasteiger partial charge on any atom is 0.326 e. The summed E-state index contributed by atoms with van der Waals surface area (Å²) < 4.78 is 0. The Bertz CT molecular complexity index is 865. The zero-order valence-corrected chi connectivity index (χ0v) is 15.0. The van der Waals surface area contributed by atoms with Gasteiger partial charge in [0.1, 0.15) is 12.1 Å². The van der Waals surface area contributed by atoms with Gasteiger partial charge in [0.2, 0.25) is 11.8 Å². The van der Waals surface area contributed by atoms with Crippen LogP contribution < -0.4 is 10.6 Å². The summed E-state index contributed by atoms with van der Waals surface area (Å²) in [7, 11) is 0. The predicted octanol–water partition coefficient (Wildman–Crippen LogP) is 0.169. The van der Waals surface area contributed by atoms with Crippen LogP contribution in [0.15, 0.2) is 30.5 Å². The molecule has 5 N–H and O–H groups in total. The van der Waals surface area contributed by atoms with Crippen LogP contribution in [-0.4, -0.2) is 56.8 Å². The molecule has 0 bridgehead atoms. The molecule has 2 amide bonds. The highest BCUT2D eigenvalue weighted by Gasteiger charge is 2.28. The van der Waals surface area contributed by atoms with E-state index in [1.54, 1.807) is 6.20 Å². The zero-order valence-electron chi connectivity index (χ0n) is 14.1. The van der Waals surface area contributed by atoms with E-state index in [2.05, 4.69) is 28.2 Å². The molecule has 0 radical (unpaired) electrons. The molecule has 144 valence electrons. The summed E-state index contributed by atoms with van der Waals surface area (Å²) in [5, 5.41) is 23.7. The predicted molar refractivity (Wildman–Crippen MR) is 99.6 cm³/mol. The SMILES string of the molecule is O=C(O)CC(NC(=O)CS)C(=O)N[C@@H](Cc1c[nH]c2ccccc12)C(=O)O. The first-order valence-electron chi connectivity index (χ1n) is 8.02. The fourth-order valence-electron chi connectivity index (χ4n) is 2.62. The number of carbonyl (C=O) groups is 4. The van der Waals surface area contributed by atoms with Crippen molar-refractivity contribution in [2.75, 3.05) is 5.75 Å². The van der Waals surface area contributed by atoms with Gasteiger partial charge in [-0.2, -0.15) is 12.6 Å². The van der Waals surface area contributed by atoms with Crippen molar-refractivity contribution in [3.05, 3.63) is 36.0 Å². The highest BCUT2D eigenvalue weighted by molar-refractivity contribution is 7.81. The Balaban J connectivity index is 2.15. The number of rotatable bonds is 9. The molecule has 0 fully saturated rings. The monoisotopic (exact) mass is 393 g/mol. The van der Waals surface area contributed by atoms with Crippen LogP contribution in [0.2, 0.25) is 0 Å². The Kier molecular flexibility index (Phi) is 6.83. The average Bonchev–Trinajstić information content (AvgIpc) is 3.03. The van der Waals surface area contributed by atoms with Gasteiger partial charge < -0.3 is 25.8 Å². The number of fused-ring (bicyclic) bond motifs is 1. The third-order valence-electron chi connectivity index (χ3n) is 3.89. The highest BCUT2D eigenvalue weighted by Crippen LogP contribution is 2.19. The van der Waals surface area contributed by atoms with Crippen LogP contribution in [0.25, 0.3) is 10.9 Å². The van der Waals surface area contributed by atoms with Gasteiger partial charge in [-0.15, -0.1) is 0 Å². The van der Waals surface area contributed by atoms with Gasteiger partial charge in [0, 0.05) is 23.5 Å². The number of aromatic amines is 1. The van der Waals surface area contributed by atoms with Crippen molar-refractivity contribution in [3.63, 3.8) is 0 Å². The summed E-state index contributed by atoms with van der Waals surface area (Å²) in [5.41, 5.74) is 1.51. The van der Waals surface area contributed by atoms with E-state index < -0.39 is 42.3 Å². The number of carbonyl (C=O) groups excluding carboxylic acids is 2. The molecule has 2 atom stereocenters. The lowest BCUT2D eigenvalue weighted by Gasteiger charge is -2.20. The van der Waals surface area contributed by atoms with Crippen LogP contribution in [0.3, 0.4) is 0 Å². The van der Waals surface area contributed by atoms with Gasteiger partial charge in [-0.05, 0) is 11.6 Å². The molecule has 9 nitrogen and oxygen atoms in total. The molecular formula is C17H19N3O6S. The molecule has 0 aliphatic heterocycles. The number of para-hydroxylation sites is 1. The van der Waals surface area contributed by atoms with E-state index in [4.69, 9.17) is 5.11 Å². The van der Waals surface area contributed by atoms with E-state index in [-0.39, 0.29) is 12.2 Å². The molecule has 0 aliphatic carbocycles. The van der Waals surface area contributed by atoms with Gasteiger partial charge in [0.15, 0.2) is 0 Å². The molecular weight excluding hydrogens is 374 g/mol. The van der Waals surface area contributed by atoms with Crippen molar-refractivity contribution in [1.82, 2.24) is 15.6 Å². The molecule has 1 aromatic carbocycles. The fraction of sp³-hybridized carbons (Fsp3) is 0.294. The lowest BCUT2D eigenvalue weighted by Crippen LogP contribution is -2.53. The van der Waals surface area contributed by atoms with Crippen molar-refractivity contribution in [3.8, 4) is 0 Å². The second kappa shape index (κ2) is 9.08. The van der Waals surface area contributed by atoms with Gasteiger partial charge in [-0.3, -0.25) is 14.4 Å². The Morgan fingerprint density at radius 3 is 2.41 bits per heavy atom. The number of benzene rings is 1. The van der Waals surface area contributed by atoms with Gasteiger partial charge >= 0.3 is 11.9 Å². The molecule has 27 heavy (non-hydrogen) atoms. The number of aliphatic carboxylic acids is 2. The summed E-state index contributed by atoms with van der Waals surface area (Å²) in [6, 6.07) is 4.61. The van der Waals surface area contributed by atoms with Gasteiger partial charge in [-0.25, -0.2) is 4.79 Å². The minimum absolute atomic E-state index is 0.00854. The van der Waals surface area contributed by atoms with Crippen LogP contribution in [0, 0.1) is 0 Å². The van der Waals surface area contributed by atoms with Crippen LogP contribution in [0.1, 0.15) is 12.0 Å². The largest absolute Gasteiger partial charge is 0.481 e. The number of amides is 2. The molecule has 1 aromatic heterocycles. The van der Waals surface area contributed by atoms with Gasteiger partial charge in [0.25, 0.3) is 0 Å². The maximum absolute atomic E-state index is 12.4. The number of carboxylic acids is 2. The molecule has 1 heterocycles. The molecule has 0 aliphatic rings. The Morgan fingerprint density at radius 1 is 1.07 bits per heavy atom. The quantitative estimate of drug-likeness (QED) is 0.335. The van der Waals surface area contributed by atoms with Crippen LogP contribution in [0.4, 0.5) is 0 Å². The average molecular weight is 393 g/mol. The lowest BCUT2D eigenvalue weighted by molar-refractivity contribution is -0.143. The Morgan fingerprint density at radius 2 is 1.78 bits per heavy atom. The number of thiol groups is 1. The normalized spacial score (nSPS) is 12.9. The van der Waals surface area contributed by atoms with Crippen LogP contribution >= 0.6 is 12.6 Å². The zero-order chi connectivity index (χ0) is 20.0. The summed E-state index contributed by atoms with van der Waals surface area (Å²) in [4.78, 5) is 49.3. The first-order chi connectivity index (χ1) is 12.8. The van der Waals surface area contributed by atoms with Crippen molar-refractivity contribution in [1.29, 1.82) is 0 Å². The summed E-state index contributed by atoms with van der Waals surface area (Å²) in [5.74, 6) is -4.34. The number of nitrogens with one attached hydrogen (secondary N) is 3. The maximum atomic E-state index is 12.4. The van der Waals surface area contributed by atoms with E-state index in [0.29, 0.717) is 5.56 Å². The first kappa shape index (κ1) is 20.3. The van der Waals surface area contributed by atoms with E-state index in [1.165, 1.54) is 0 Å². The minimum Gasteiger partial charge on any atom is -0.481 e. The number of carboxylic acid groups (broad SMARTS) is 2. The Labute approximate surface area is 159 Å². The second-order valence-electron chi connectivity index (χ2n) is 5.84. The third-order valence-corrected chi connectivity index (χ3v) is 4.17. The van der Waals surface area contributed by atoms with Crippen molar-refractivity contribution in [2.24, 2.45) is 0 Å². The van der Waals surface area contributed by atoms with Crippen molar-refractivity contribution in [2.45, 2.75) is 24.9 Å². The molecule has 0 spiro atoms. The van der Waals surface area contributed by atoms with E-state index in [9.17, 15) is 24.3 Å². The number of H-pyrrole nitrogens is 1. The van der Waals surface area contributed by atoms with E-state index in [1.807, 2.05) is 24.3 Å². The van der Waals surface area contributed by atoms with E-state index in [0.717, 1.165) is 10.9 Å². The van der Waals surface area contributed by atoms with E-state index >= 15 is 0 Å². The lowest BCUT2D eigenvalue weighted by atomic mass is 10.0. The molecule has 2 aromatic rings. The van der Waals surface area contributed by atoms with Crippen molar-refractivity contribution >= 4 is 47.3 Å². The molecule has 1 unspecified atom stereocenters. The number of aromatic nitrogens is 1. The summed E-state index contributed by atoms with van der Waals surface area (Å²) >= 11 is 3.76. The van der Waals surface area contributed by atoms with Crippen LogP contribution in [-0.2, 0) is 25.6 Å². The molecule has 10 heteroatoms. The smallest absolute Gasteiger partial charge is 0.326 e. The molecule has 0 saturated carbocycles. The Hall–Kier alpha value is -3.01. The minimum atomic E-state index is -1.40. The molecule has 2 rings (SSSR count). The third kappa shape index (κ3) is 5.48. The van der Waals surface area contributed by atoms with Gasteiger partial charge in [-0.1, -0.05) is 18.2 Å². The molecule has 0 saturated heterocycles. The number of hydrogen-bond donors (Lipinski definition) is 6. The first-order valence-corrected chi connectivity index (χ1v) is 8.65. The standard InChI is InChI=1S/C17H19N3O6S/c21-14(8-27)19-12(6-15(22)23)16(24)20-13(17(25)26)5-9-7-18-11-4-2-1-3-10(9)11/h1-4,7,12-13,18,27H,5-6,8H2,(H,19,21)(H,20,24)(H,22,23)(H,25,26)/t12?,13-/m0/s1. The summed E-state index contributed by atoms with van der Waals surface area (Å²) in [6.07, 6.45) is 0.973. The fourth-order valence-corrected chi connectivity index (χ4v) is 2.71.